The van der Waals surface area contributed by atoms with Crippen LogP contribution < -0.4 is 0 Å². The Labute approximate surface area is 116 Å². The number of carbonyl (C=O) groups excluding carboxylic acids is 1. The quantitative estimate of drug-likeness (QED) is 0.770. The number of rotatable bonds is 5. The van der Waals surface area contributed by atoms with Crippen molar-refractivity contribution in [2.75, 3.05) is 6.61 Å². The van der Waals surface area contributed by atoms with E-state index in [0.717, 1.165) is 16.0 Å². The van der Waals surface area contributed by atoms with Gasteiger partial charge in [-0.2, -0.15) is 11.8 Å². The van der Waals surface area contributed by atoms with Gasteiger partial charge in [-0.1, -0.05) is 19.3 Å². The molecule has 1 aromatic rings. The van der Waals surface area contributed by atoms with Crippen LogP contribution in [0.5, 0.6) is 0 Å². The number of esters is 1. The smallest absolute Gasteiger partial charge is 0.357 e. The van der Waals surface area contributed by atoms with Gasteiger partial charge in [0.05, 0.1) is 6.61 Å². The van der Waals surface area contributed by atoms with Gasteiger partial charge in [0.1, 0.15) is 5.01 Å². The molecule has 1 aliphatic rings. The zero-order valence-electron chi connectivity index (χ0n) is 10.7. The zero-order valence-corrected chi connectivity index (χ0v) is 12.3. The number of thiazole rings is 1. The molecule has 0 amide bonds. The van der Waals surface area contributed by atoms with Crippen LogP contribution in [0, 0.1) is 0 Å². The van der Waals surface area contributed by atoms with Gasteiger partial charge in [0.15, 0.2) is 5.69 Å². The largest absolute Gasteiger partial charge is 0.461 e. The van der Waals surface area contributed by atoms with Crippen LogP contribution in [-0.4, -0.2) is 22.8 Å². The Balaban J connectivity index is 1.80. The van der Waals surface area contributed by atoms with Crippen molar-refractivity contribution in [1.82, 2.24) is 4.98 Å². The zero-order chi connectivity index (χ0) is 12.8. The summed E-state index contributed by atoms with van der Waals surface area (Å²) < 4.78 is 4.93. The van der Waals surface area contributed by atoms with Crippen molar-refractivity contribution < 1.29 is 9.53 Å². The van der Waals surface area contributed by atoms with Crippen molar-refractivity contribution in [3.8, 4) is 0 Å². The molecule has 100 valence electrons. The van der Waals surface area contributed by atoms with Crippen LogP contribution in [-0.2, 0) is 10.5 Å². The third-order valence-corrected chi connectivity index (χ3v) is 5.45. The summed E-state index contributed by atoms with van der Waals surface area (Å²) in [6, 6.07) is 0. The van der Waals surface area contributed by atoms with Gasteiger partial charge in [0.25, 0.3) is 0 Å². The highest BCUT2D eigenvalue weighted by Crippen LogP contribution is 2.31. The standard InChI is InChI=1S/C13H19NO2S2/c1-2-16-13(15)11-8-18-12(14-11)9-17-10-6-4-3-5-7-10/h8,10H,2-7,9H2,1H3. The first-order valence-electron chi connectivity index (χ1n) is 6.52. The molecule has 1 fully saturated rings. The maximum atomic E-state index is 11.5. The molecule has 0 bridgehead atoms. The fraction of sp³-hybridized carbons (Fsp3) is 0.692. The van der Waals surface area contributed by atoms with Gasteiger partial charge in [0.2, 0.25) is 0 Å². The molecular formula is C13H19NO2S2. The lowest BCUT2D eigenvalue weighted by atomic mass is 10.0. The van der Waals surface area contributed by atoms with E-state index in [4.69, 9.17) is 4.74 Å². The van der Waals surface area contributed by atoms with E-state index in [2.05, 4.69) is 4.98 Å². The van der Waals surface area contributed by atoms with E-state index >= 15 is 0 Å². The average molecular weight is 285 g/mol. The fourth-order valence-corrected chi connectivity index (χ4v) is 4.23. The Morgan fingerprint density at radius 2 is 2.28 bits per heavy atom. The molecule has 0 aromatic carbocycles. The first-order valence-corrected chi connectivity index (χ1v) is 8.45. The number of thioether (sulfide) groups is 1. The van der Waals surface area contributed by atoms with Gasteiger partial charge in [0, 0.05) is 16.4 Å². The van der Waals surface area contributed by atoms with E-state index in [0.29, 0.717) is 12.3 Å². The molecule has 0 unspecified atom stereocenters. The fourth-order valence-electron chi connectivity index (χ4n) is 2.10. The van der Waals surface area contributed by atoms with E-state index in [-0.39, 0.29) is 5.97 Å². The lowest BCUT2D eigenvalue weighted by Gasteiger charge is -2.20. The Hall–Kier alpha value is -0.550. The molecule has 0 aliphatic heterocycles. The minimum Gasteiger partial charge on any atom is -0.461 e. The number of hydrogen-bond donors (Lipinski definition) is 0. The van der Waals surface area contributed by atoms with Gasteiger partial charge in [-0.3, -0.25) is 0 Å². The Morgan fingerprint density at radius 3 is 3.00 bits per heavy atom. The molecule has 18 heavy (non-hydrogen) atoms. The summed E-state index contributed by atoms with van der Waals surface area (Å²) in [5, 5.41) is 3.62. The second-order valence-electron chi connectivity index (χ2n) is 4.42. The predicted octanol–water partition coefficient (Wildman–Crippen LogP) is 3.89. The van der Waals surface area contributed by atoms with Gasteiger partial charge in [-0.25, -0.2) is 9.78 Å². The van der Waals surface area contributed by atoms with E-state index in [1.165, 1.54) is 32.1 Å². The predicted molar refractivity (Wildman–Crippen MR) is 76.2 cm³/mol. The topological polar surface area (TPSA) is 39.2 Å². The maximum Gasteiger partial charge on any atom is 0.357 e. The minimum absolute atomic E-state index is 0.303. The minimum atomic E-state index is -0.303. The Morgan fingerprint density at radius 1 is 1.50 bits per heavy atom. The molecular weight excluding hydrogens is 266 g/mol. The summed E-state index contributed by atoms with van der Waals surface area (Å²) in [5.41, 5.74) is 0.459. The third kappa shape index (κ3) is 3.99. The molecule has 1 aromatic heterocycles. The molecule has 0 N–H and O–H groups in total. The van der Waals surface area contributed by atoms with Gasteiger partial charge >= 0.3 is 5.97 Å². The number of aromatic nitrogens is 1. The van der Waals surface area contributed by atoms with Crippen LogP contribution in [0.4, 0.5) is 0 Å². The van der Waals surface area contributed by atoms with Crippen molar-refractivity contribution in [1.29, 1.82) is 0 Å². The molecule has 0 radical (unpaired) electrons. The summed E-state index contributed by atoms with van der Waals surface area (Å²) >= 11 is 3.54. The highest BCUT2D eigenvalue weighted by Gasteiger charge is 2.16. The lowest BCUT2D eigenvalue weighted by Crippen LogP contribution is -2.08. The van der Waals surface area contributed by atoms with E-state index in [1.807, 2.05) is 18.7 Å². The van der Waals surface area contributed by atoms with Crippen LogP contribution in [0.25, 0.3) is 0 Å². The number of hydrogen-bond acceptors (Lipinski definition) is 5. The van der Waals surface area contributed by atoms with Gasteiger partial charge in [-0.05, 0) is 19.8 Å². The molecule has 0 saturated heterocycles. The van der Waals surface area contributed by atoms with Crippen LogP contribution in [0.1, 0.15) is 54.5 Å². The first-order chi connectivity index (χ1) is 8.79. The summed E-state index contributed by atoms with van der Waals surface area (Å²) in [6.07, 6.45) is 6.79. The third-order valence-electron chi connectivity index (χ3n) is 3.03. The molecule has 1 heterocycles. The van der Waals surface area contributed by atoms with Crippen LogP contribution in [0.2, 0.25) is 0 Å². The van der Waals surface area contributed by atoms with Crippen molar-refractivity contribution in [3.05, 3.63) is 16.1 Å². The van der Waals surface area contributed by atoms with Crippen LogP contribution in [0.3, 0.4) is 0 Å². The lowest BCUT2D eigenvalue weighted by molar-refractivity contribution is 0.0520. The normalized spacial score (nSPS) is 16.7. The highest BCUT2D eigenvalue weighted by molar-refractivity contribution is 7.99. The molecule has 5 heteroatoms. The summed E-state index contributed by atoms with van der Waals surface area (Å²) in [5.74, 6) is 0.622. The van der Waals surface area contributed by atoms with Crippen LogP contribution >= 0.6 is 23.1 Å². The molecule has 3 nitrogen and oxygen atoms in total. The number of carbonyl (C=O) groups is 1. The van der Waals surface area contributed by atoms with Crippen molar-refractivity contribution in [3.63, 3.8) is 0 Å². The van der Waals surface area contributed by atoms with Gasteiger partial charge in [-0.15, -0.1) is 11.3 Å². The molecule has 0 atom stereocenters. The van der Waals surface area contributed by atoms with Crippen molar-refractivity contribution >= 4 is 29.1 Å². The number of ether oxygens (including phenoxy) is 1. The SMILES string of the molecule is CCOC(=O)c1csc(CSC2CCCCC2)n1. The second-order valence-corrected chi connectivity index (χ2v) is 6.65. The van der Waals surface area contributed by atoms with Crippen LogP contribution in [0.15, 0.2) is 5.38 Å². The highest BCUT2D eigenvalue weighted by atomic mass is 32.2. The summed E-state index contributed by atoms with van der Waals surface area (Å²) in [7, 11) is 0. The average Bonchev–Trinajstić information content (AvgIpc) is 2.87. The monoisotopic (exact) mass is 285 g/mol. The van der Waals surface area contributed by atoms with Gasteiger partial charge < -0.3 is 4.74 Å². The van der Waals surface area contributed by atoms with E-state index in [9.17, 15) is 4.79 Å². The number of nitrogens with zero attached hydrogens (tertiary/aromatic N) is 1. The first kappa shape index (κ1) is 13.9. The second kappa shape index (κ2) is 7.14. The van der Waals surface area contributed by atoms with Crippen molar-refractivity contribution in [2.24, 2.45) is 0 Å². The van der Waals surface area contributed by atoms with Crippen molar-refractivity contribution in [2.45, 2.75) is 50.0 Å². The molecule has 1 saturated carbocycles. The summed E-state index contributed by atoms with van der Waals surface area (Å²) in [6.45, 7) is 2.21. The van der Waals surface area contributed by atoms with E-state index in [1.54, 1.807) is 16.7 Å². The maximum absolute atomic E-state index is 11.5. The summed E-state index contributed by atoms with van der Waals surface area (Å²) in [4.78, 5) is 15.8. The Bertz CT molecular complexity index is 386. The molecule has 2 rings (SSSR count). The molecule has 1 aliphatic carbocycles. The molecule has 0 spiro atoms. The van der Waals surface area contributed by atoms with E-state index < -0.39 is 0 Å². The Kier molecular flexibility index (Phi) is 5.50.